The summed E-state index contributed by atoms with van der Waals surface area (Å²) in [5.41, 5.74) is 0.0632. The second kappa shape index (κ2) is 7.14. The average Bonchev–Trinajstić information content (AvgIpc) is 2.90. The molecule has 2 aromatic rings. The van der Waals surface area contributed by atoms with Crippen molar-refractivity contribution in [3.8, 4) is 5.75 Å². The Hall–Kier alpha value is -1.99. The van der Waals surface area contributed by atoms with Crippen molar-refractivity contribution in [2.24, 2.45) is 0 Å². The zero-order chi connectivity index (χ0) is 15.2. The van der Waals surface area contributed by atoms with Crippen LogP contribution in [-0.4, -0.2) is 23.1 Å². The topological polar surface area (TPSA) is 77.3 Å². The van der Waals surface area contributed by atoms with Crippen LogP contribution in [-0.2, 0) is 0 Å². The predicted octanol–water partition coefficient (Wildman–Crippen LogP) is 3.09. The van der Waals surface area contributed by atoms with Crippen LogP contribution in [0.4, 0.5) is 5.69 Å². The molecule has 0 aliphatic rings. The second-order valence-corrected chi connectivity index (χ2v) is 5.85. The van der Waals surface area contributed by atoms with Crippen molar-refractivity contribution in [3.63, 3.8) is 0 Å². The highest BCUT2D eigenvalue weighted by molar-refractivity contribution is 7.11. The van der Waals surface area contributed by atoms with Crippen LogP contribution in [0.1, 0.15) is 22.9 Å². The molecule has 0 amide bonds. The van der Waals surface area contributed by atoms with Crippen LogP contribution >= 0.6 is 11.3 Å². The molecule has 112 valence electrons. The Labute approximate surface area is 126 Å². The van der Waals surface area contributed by atoms with Crippen LogP contribution in [0.25, 0.3) is 0 Å². The quantitative estimate of drug-likeness (QED) is 0.483. The number of hydrogen-bond acceptors (Lipinski definition) is 6. The number of nitro benzene ring substituents is 1. The Morgan fingerprint density at radius 1 is 1.43 bits per heavy atom. The molecule has 0 fully saturated rings. The van der Waals surface area contributed by atoms with Crippen molar-refractivity contribution in [1.29, 1.82) is 0 Å². The number of nitrogens with zero attached hydrogens (tertiary/aromatic N) is 2. The molecule has 6 nitrogen and oxygen atoms in total. The van der Waals surface area contributed by atoms with E-state index in [9.17, 15) is 10.1 Å². The number of hydrogen-bond donors (Lipinski definition) is 1. The Morgan fingerprint density at radius 3 is 2.71 bits per heavy atom. The van der Waals surface area contributed by atoms with Crippen LogP contribution in [0.5, 0.6) is 5.75 Å². The smallest absolute Gasteiger partial charge is 0.269 e. The second-order valence-electron chi connectivity index (χ2n) is 4.58. The number of aryl methyl sites for hydroxylation is 1. The molecule has 0 saturated heterocycles. The minimum atomic E-state index is -0.428. The van der Waals surface area contributed by atoms with Crippen molar-refractivity contribution in [3.05, 3.63) is 50.5 Å². The number of nitrogens with one attached hydrogen (secondary N) is 1. The van der Waals surface area contributed by atoms with Crippen LogP contribution in [0, 0.1) is 17.0 Å². The SMILES string of the molecule is Cc1cnc(C(C)NCCOc2ccc([N+](=O)[O-])cc2)s1. The van der Waals surface area contributed by atoms with Crippen LogP contribution in [0.3, 0.4) is 0 Å². The molecule has 1 aromatic carbocycles. The van der Waals surface area contributed by atoms with Gasteiger partial charge in [0, 0.05) is 29.8 Å². The number of ether oxygens (including phenoxy) is 1. The molecular weight excluding hydrogens is 290 g/mol. The number of nitro groups is 1. The molecule has 1 heterocycles. The maximum Gasteiger partial charge on any atom is 0.269 e. The first-order valence-electron chi connectivity index (χ1n) is 6.59. The van der Waals surface area contributed by atoms with E-state index in [4.69, 9.17) is 4.74 Å². The van der Waals surface area contributed by atoms with E-state index in [1.807, 2.05) is 13.1 Å². The van der Waals surface area contributed by atoms with Gasteiger partial charge >= 0.3 is 0 Å². The van der Waals surface area contributed by atoms with Crippen molar-refractivity contribution >= 4 is 17.0 Å². The fourth-order valence-corrected chi connectivity index (χ4v) is 2.57. The minimum Gasteiger partial charge on any atom is -0.492 e. The highest BCUT2D eigenvalue weighted by atomic mass is 32.1. The molecule has 0 saturated carbocycles. The number of non-ortho nitro benzene ring substituents is 1. The van der Waals surface area contributed by atoms with Crippen molar-refractivity contribution < 1.29 is 9.66 Å². The summed E-state index contributed by atoms with van der Waals surface area (Å²) < 4.78 is 5.53. The highest BCUT2D eigenvalue weighted by Gasteiger charge is 2.08. The third-order valence-corrected chi connectivity index (χ3v) is 3.97. The van der Waals surface area contributed by atoms with Gasteiger partial charge < -0.3 is 10.1 Å². The van der Waals surface area contributed by atoms with Gasteiger partial charge in [0.15, 0.2) is 0 Å². The van der Waals surface area contributed by atoms with Gasteiger partial charge in [-0.25, -0.2) is 4.98 Å². The van der Waals surface area contributed by atoms with Gasteiger partial charge in [-0.05, 0) is 26.0 Å². The standard InChI is InChI=1S/C14H17N3O3S/c1-10-9-16-14(21-10)11(2)15-7-8-20-13-5-3-12(4-6-13)17(18)19/h3-6,9,11,15H,7-8H2,1-2H3. The predicted molar refractivity (Wildman–Crippen MR) is 81.9 cm³/mol. The summed E-state index contributed by atoms with van der Waals surface area (Å²) in [6.45, 7) is 5.26. The summed E-state index contributed by atoms with van der Waals surface area (Å²) >= 11 is 1.68. The first kappa shape index (κ1) is 15.4. The van der Waals surface area contributed by atoms with Gasteiger partial charge in [-0.3, -0.25) is 10.1 Å². The summed E-state index contributed by atoms with van der Waals surface area (Å²) in [6.07, 6.45) is 1.87. The van der Waals surface area contributed by atoms with Crippen molar-refractivity contribution in [2.45, 2.75) is 19.9 Å². The summed E-state index contributed by atoms with van der Waals surface area (Å²) in [7, 11) is 0. The average molecular weight is 307 g/mol. The number of benzene rings is 1. The largest absolute Gasteiger partial charge is 0.492 e. The lowest BCUT2D eigenvalue weighted by molar-refractivity contribution is -0.384. The molecular formula is C14H17N3O3S. The number of rotatable bonds is 7. The summed E-state index contributed by atoms with van der Waals surface area (Å²) in [5, 5.41) is 14.9. The molecule has 2 rings (SSSR count). The van der Waals surface area contributed by atoms with Gasteiger partial charge in [0.2, 0.25) is 0 Å². The van der Waals surface area contributed by atoms with E-state index in [1.54, 1.807) is 23.5 Å². The monoisotopic (exact) mass is 307 g/mol. The van der Waals surface area contributed by atoms with Gasteiger partial charge in [-0.1, -0.05) is 0 Å². The fraction of sp³-hybridized carbons (Fsp3) is 0.357. The lowest BCUT2D eigenvalue weighted by Gasteiger charge is -2.11. The third-order valence-electron chi connectivity index (χ3n) is 2.88. The maximum atomic E-state index is 10.5. The number of thiazole rings is 1. The van der Waals surface area contributed by atoms with E-state index in [-0.39, 0.29) is 11.7 Å². The Kier molecular flexibility index (Phi) is 5.24. The molecule has 0 bridgehead atoms. The molecule has 1 unspecified atom stereocenters. The molecule has 0 spiro atoms. The Bertz CT molecular complexity index is 598. The van der Waals surface area contributed by atoms with E-state index in [1.165, 1.54) is 17.0 Å². The summed E-state index contributed by atoms with van der Waals surface area (Å²) in [4.78, 5) is 15.6. The molecule has 0 radical (unpaired) electrons. The first-order chi connectivity index (χ1) is 10.1. The normalized spacial score (nSPS) is 12.1. The maximum absolute atomic E-state index is 10.5. The van der Waals surface area contributed by atoms with E-state index < -0.39 is 4.92 Å². The number of aromatic nitrogens is 1. The van der Waals surface area contributed by atoms with Gasteiger partial charge in [0.1, 0.15) is 17.4 Å². The fourth-order valence-electron chi connectivity index (χ4n) is 1.77. The van der Waals surface area contributed by atoms with Gasteiger partial charge in [-0.15, -0.1) is 11.3 Å². The Balaban J connectivity index is 1.73. The molecule has 1 N–H and O–H groups in total. The zero-order valence-corrected chi connectivity index (χ0v) is 12.7. The lowest BCUT2D eigenvalue weighted by atomic mass is 10.3. The van der Waals surface area contributed by atoms with Gasteiger partial charge in [0.05, 0.1) is 11.0 Å². The van der Waals surface area contributed by atoms with E-state index in [0.29, 0.717) is 18.9 Å². The lowest BCUT2D eigenvalue weighted by Crippen LogP contribution is -2.24. The van der Waals surface area contributed by atoms with Crippen LogP contribution in [0.15, 0.2) is 30.5 Å². The molecule has 0 aliphatic heterocycles. The zero-order valence-electron chi connectivity index (χ0n) is 11.9. The van der Waals surface area contributed by atoms with Crippen molar-refractivity contribution in [1.82, 2.24) is 10.3 Å². The molecule has 1 atom stereocenters. The molecule has 1 aromatic heterocycles. The van der Waals surface area contributed by atoms with Gasteiger partial charge in [-0.2, -0.15) is 0 Å². The molecule has 0 aliphatic carbocycles. The molecule has 7 heteroatoms. The van der Waals surface area contributed by atoms with E-state index in [0.717, 1.165) is 5.01 Å². The van der Waals surface area contributed by atoms with E-state index >= 15 is 0 Å². The van der Waals surface area contributed by atoms with E-state index in [2.05, 4.69) is 17.2 Å². The third kappa shape index (κ3) is 4.51. The highest BCUT2D eigenvalue weighted by Crippen LogP contribution is 2.19. The summed E-state index contributed by atoms with van der Waals surface area (Å²) in [5.74, 6) is 0.625. The summed E-state index contributed by atoms with van der Waals surface area (Å²) in [6, 6.07) is 6.26. The van der Waals surface area contributed by atoms with Crippen LogP contribution in [0.2, 0.25) is 0 Å². The molecule has 21 heavy (non-hydrogen) atoms. The first-order valence-corrected chi connectivity index (χ1v) is 7.41. The minimum absolute atomic E-state index is 0.0632. The van der Waals surface area contributed by atoms with Crippen molar-refractivity contribution in [2.75, 3.05) is 13.2 Å². The van der Waals surface area contributed by atoms with Crippen LogP contribution < -0.4 is 10.1 Å². The van der Waals surface area contributed by atoms with Gasteiger partial charge in [0.25, 0.3) is 5.69 Å². The Morgan fingerprint density at radius 2 is 2.14 bits per heavy atom.